The third-order valence-electron chi connectivity index (χ3n) is 3.55. The summed E-state index contributed by atoms with van der Waals surface area (Å²) in [5.74, 6) is -0.819. The second-order valence-corrected chi connectivity index (χ2v) is 5.00. The van der Waals surface area contributed by atoms with E-state index in [1.54, 1.807) is 4.90 Å². The molecule has 0 spiro atoms. The Labute approximate surface area is 112 Å². The zero-order chi connectivity index (χ0) is 14.4. The molecule has 1 aliphatic rings. The molecule has 0 aromatic heterocycles. The van der Waals surface area contributed by atoms with Crippen LogP contribution in [-0.2, 0) is 4.79 Å². The van der Waals surface area contributed by atoms with Crippen LogP contribution in [0.4, 0.5) is 0 Å². The largest absolute Gasteiger partial charge is 0.481 e. The molecule has 7 heteroatoms. The predicted molar refractivity (Wildman–Crippen MR) is 66.6 cm³/mol. The van der Waals surface area contributed by atoms with Crippen LogP contribution in [0.3, 0.4) is 0 Å². The van der Waals surface area contributed by atoms with Crippen molar-refractivity contribution in [3.63, 3.8) is 0 Å². The lowest BCUT2D eigenvalue weighted by molar-refractivity contribution is -0.145. The van der Waals surface area contributed by atoms with Gasteiger partial charge < -0.3 is 25.5 Å². The van der Waals surface area contributed by atoms with Crippen molar-refractivity contribution in [2.45, 2.75) is 50.0 Å². The van der Waals surface area contributed by atoms with Gasteiger partial charge in [-0.05, 0) is 19.4 Å². The van der Waals surface area contributed by atoms with Crippen molar-refractivity contribution in [3.05, 3.63) is 0 Å². The molecule has 0 aromatic rings. The van der Waals surface area contributed by atoms with Crippen molar-refractivity contribution in [1.82, 2.24) is 4.90 Å². The Bertz CT molecular complexity index is 287. The lowest BCUT2D eigenvalue weighted by atomic mass is 9.94. The van der Waals surface area contributed by atoms with Gasteiger partial charge in [-0.3, -0.25) is 9.69 Å². The molecule has 4 atom stereocenters. The maximum absolute atomic E-state index is 10.3. The van der Waals surface area contributed by atoms with E-state index in [1.807, 2.05) is 0 Å². The average molecular weight is 277 g/mol. The van der Waals surface area contributed by atoms with E-state index in [1.165, 1.54) is 0 Å². The van der Waals surface area contributed by atoms with Crippen LogP contribution >= 0.6 is 0 Å². The molecule has 1 heterocycles. The van der Waals surface area contributed by atoms with Gasteiger partial charge in [-0.2, -0.15) is 0 Å². The number of likely N-dealkylation sites (tertiary alicyclic amines) is 1. The summed E-state index contributed by atoms with van der Waals surface area (Å²) in [7, 11) is 0. The van der Waals surface area contributed by atoms with Crippen LogP contribution in [0.2, 0.25) is 0 Å². The number of unbranched alkanes of at least 4 members (excludes halogenated alkanes) is 2. The van der Waals surface area contributed by atoms with Crippen LogP contribution in [0.5, 0.6) is 0 Å². The van der Waals surface area contributed by atoms with E-state index in [-0.39, 0.29) is 19.6 Å². The third-order valence-corrected chi connectivity index (χ3v) is 3.55. The summed E-state index contributed by atoms with van der Waals surface area (Å²) in [6, 6.07) is -0.585. The molecule has 0 bridgehead atoms. The summed E-state index contributed by atoms with van der Waals surface area (Å²) >= 11 is 0. The van der Waals surface area contributed by atoms with E-state index in [0.717, 1.165) is 12.8 Å². The minimum absolute atomic E-state index is 0.132. The Balaban J connectivity index is 2.36. The Morgan fingerprint density at radius 2 is 1.79 bits per heavy atom. The first-order valence-electron chi connectivity index (χ1n) is 6.58. The third kappa shape index (κ3) is 4.70. The van der Waals surface area contributed by atoms with E-state index in [0.29, 0.717) is 13.0 Å². The number of β-amino-alcohol motifs (C(OH)–C–C–N with tert-alkyl or cyclic N) is 1. The average Bonchev–Trinajstić information content (AvgIpc) is 2.35. The fourth-order valence-electron chi connectivity index (χ4n) is 2.40. The number of hydrogen-bond donors (Lipinski definition) is 5. The SMILES string of the molecule is O=C(O)CCCCCN1C[C@@H](O)[C@@H](O)[C@H](O)[C@H]1CO. The summed E-state index contributed by atoms with van der Waals surface area (Å²) in [5.41, 5.74) is 0. The topological polar surface area (TPSA) is 121 Å². The molecule has 19 heavy (non-hydrogen) atoms. The Morgan fingerprint density at radius 1 is 1.11 bits per heavy atom. The van der Waals surface area contributed by atoms with Crippen LogP contribution < -0.4 is 0 Å². The number of aliphatic carboxylic acids is 1. The maximum Gasteiger partial charge on any atom is 0.303 e. The first-order valence-corrected chi connectivity index (χ1v) is 6.58. The zero-order valence-corrected chi connectivity index (χ0v) is 10.9. The fourth-order valence-corrected chi connectivity index (χ4v) is 2.40. The minimum atomic E-state index is -1.24. The number of rotatable bonds is 7. The second-order valence-electron chi connectivity index (χ2n) is 5.00. The number of hydrogen-bond acceptors (Lipinski definition) is 6. The van der Waals surface area contributed by atoms with Crippen LogP contribution in [0, 0.1) is 0 Å². The first kappa shape index (κ1) is 16.3. The fraction of sp³-hybridized carbons (Fsp3) is 0.917. The van der Waals surface area contributed by atoms with Gasteiger partial charge in [-0.1, -0.05) is 6.42 Å². The van der Waals surface area contributed by atoms with Crippen molar-refractivity contribution in [2.24, 2.45) is 0 Å². The molecular weight excluding hydrogens is 254 g/mol. The molecule has 0 saturated carbocycles. The Hall–Kier alpha value is -0.730. The number of piperidine rings is 1. The van der Waals surface area contributed by atoms with Gasteiger partial charge in [0.1, 0.15) is 12.2 Å². The van der Waals surface area contributed by atoms with Gasteiger partial charge in [0.2, 0.25) is 0 Å². The molecule has 1 rings (SSSR count). The highest BCUT2D eigenvalue weighted by atomic mass is 16.4. The van der Waals surface area contributed by atoms with Crippen LogP contribution in [0.1, 0.15) is 25.7 Å². The molecule has 1 fully saturated rings. The summed E-state index contributed by atoms with van der Waals surface area (Å²) in [4.78, 5) is 12.1. The zero-order valence-electron chi connectivity index (χ0n) is 10.9. The normalized spacial score (nSPS) is 32.4. The van der Waals surface area contributed by atoms with Gasteiger partial charge in [-0.15, -0.1) is 0 Å². The molecule has 5 N–H and O–H groups in total. The summed E-state index contributed by atoms with van der Waals surface area (Å²) in [6.07, 6.45) is -1.27. The standard InChI is InChI=1S/C12H23NO6/c14-7-8-11(18)12(19)9(15)6-13(8)5-3-1-2-4-10(16)17/h8-9,11-12,14-15,18-19H,1-7H2,(H,16,17)/t8-,9-,11-,12-/m1/s1. The van der Waals surface area contributed by atoms with Gasteiger partial charge in [0, 0.05) is 13.0 Å². The van der Waals surface area contributed by atoms with E-state index in [2.05, 4.69) is 0 Å². The monoisotopic (exact) mass is 277 g/mol. The lowest BCUT2D eigenvalue weighted by Crippen LogP contribution is -2.62. The van der Waals surface area contributed by atoms with E-state index >= 15 is 0 Å². The summed E-state index contributed by atoms with van der Waals surface area (Å²) in [5, 5.41) is 46.6. The van der Waals surface area contributed by atoms with Crippen molar-refractivity contribution >= 4 is 5.97 Å². The van der Waals surface area contributed by atoms with Gasteiger partial charge in [0.25, 0.3) is 0 Å². The van der Waals surface area contributed by atoms with Crippen molar-refractivity contribution < 1.29 is 30.3 Å². The quantitative estimate of drug-likeness (QED) is 0.355. The number of aliphatic hydroxyl groups excluding tert-OH is 4. The molecular formula is C12H23NO6. The van der Waals surface area contributed by atoms with Gasteiger partial charge >= 0.3 is 5.97 Å². The number of nitrogens with zero attached hydrogens (tertiary/aromatic N) is 1. The van der Waals surface area contributed by atoms with Crippen LogP contribution in [-0.4, -0.2) is 80.5 Å². The minimum Gasteiger partial charge on any atom is -0.481 e. The summed E-state index contributed by atoms with van der Waals surface area (Å²) < 4.78 is 0. The van der Waals surface area contributed by atoms with Gasteiger partial charge in [0.15, 0.2) is 0 Å². The molecule has 0 radical (unpaired) electrons. The summed E-state index contributed by atoms with van der Waals surface area (Å²) in [6.45, 7) is 0.453. The number of carboxylic acids is 1. The molecule has 1 aliphatic heterocycles. The predicted octanol–water partition coefficient (Wildman–Crippen LogP) is -1.61. The van der Waals surface area contributed by atoms with Crippen molar-refractivity contribution in [1.29, 1.82) is 0 Å². The smallest absolute Gasteiger partial charge is 0.303 e. The number of aliphatic hydroxyl groups is 4. The maximum atomic E-state index is 10.3. The lowest BCUT2D eigenvalue weighted by Gasteiger charge is -2.43. The molecule has 0 aliphatic carbocycles. The number of carboxylic acid groups (broad SMARTS) is 1. The molecule has 0 amide bonds. The van der Waals surface area contributed by atoms with Crippen molar-refractivity contribution in [3.8, 4) is 0 Å². The number of carbonyl (C=O) groups is 1. The van der Waals surface area contributed by atoms with Crippen LogP contribution in [0.15, 0.2) is 0 Å². The molecule has 7 nitrogen and oxygen atoms in total. The molecule has 1 saturated heterocycles. The highest BCUT2D eigenvalue weighted by Gasteiger charge is 2.40. The van der Waals surface area contributed by atoms with E-state index < -0.39 is 30.3 Å². The molecule has 0 unspecified atom stereocenters. The van der Waals surface area contributed by atoms with Gasteiger partial charge in [-0.25, -0.2) is 0 Å². The van der Waals surface area contributed by atoms with E-state index in [4.69, 9.17) is 5.11 Å². The van der Waals surface area contributed by atoms with Crippen molar-refractivity contribution in [2.75, 3.05) is 19.7 Å². The molecule has 112 valence electrons. The first-order chi connectivity index (χ1) is 8.97. The van der Waals surface area contributed by atoms with Crippen LogP contribution in [0.25, 0.3) is 0 Å². The van der Waals surface area contributed by atoms with Gasteiger partial charge in [0.05, 0.1) is 18.8 Å². The molecule has 0 aromatic carbocycles. The second kappa shape index (κ2) is 7.76. The highest BCUT2D eigenvalue weighted by Crippen LogP contribution is 2.19. The highest BCUT2D eigenvalue weighted by molar-refractivity contribution is 5.66. The van der Waals surface area contributed by atoms with E-state index in [9.17, 15) is 25.2 Å². The Kier molecular flexibility index (Phi) is 6.67. The Morgan fingerprint density at radius 3 is 2.37 bits per heavy atom.